The summed E-state index contributed by atoms with van der Waals surface area (Å²) >= 11 is 0. The second kappa shape index (κ2) is 5.99. The van der Waals surface area contributed by atoms with Crippen molar-refractivity contribution in [2.45, 2.75) is 39.5 Å². The van der Waals surface area contributed by atoms with Crippen molar-refractivity contribution in [3.05, 3.63) is 82.2 Å². The van der Waals surface area contributed by atoms with E-state index in [1.54, 1.807) is 0 Å². The molecule has 0 saturated carbocycles. The number of carbonyl (C=O) groups is 1. The van der Waals surface area contributed by atoms with Crippen LogP contribution in [0.5, 0.6) is 0 Å². The second-order valence-electron chi connectivity index (χ2n) is 7.04. The third-order valence-electron chi connectivity index (χ3n) is 5.18. The third kappa shape index (κ3) is 2.70. The molecule has 4 rings (SSSR count). The standard InChI is InChI=1S/C22H22N2O/c1-14-7-6-9-18(11-14)24-20-12-17(19-10-5-4-8-15(19)2)13-21(25)22(20)16(3)23-24/h4-11,17H,12-13H2,1-3H3. The molecule has 0 spiro atoms. The van der Waals surface area contributed by atoms with Gasteiger partial charge in [-0.2, -0.15) is 5.10 Å². The summed E-state index contributed by atoms with van der Waals surface area (Å²) in [6.45, 7) is 6.14. The third-order valence-corrected chi connectivity index (χ3v) is 5.18. The number of hydrogen-bond donors (Lipinski definition) is 0. The SMILES string of the molecule is Cc1cccc(-n2nc(C)c3c2CC(c2ccccc2C)CC3=O)c1. The molecule has 1 aliphatic carbocycles. The second-order valence-corrected chi connectivity index (χ2v) is 7.04. The van der Waals surface area contributed by atoms with Crippen LogP contribution >= 0.6 is 0 Å². The van der Waals surface area contributed by atoms with Crippen molar-refractivity contribution in [2.75, 3.05) is 0 Å². The molecule has 2 aromatic carbocycles. The fraction of sp³-hybridized carbons (Fsp3) is 0.273. The number of carbonyl (C=O) groups excluding carboxylic acids is 1. The number of aromatic nitrogens is 2. The molecule has 0 bridgehead atoms. The summed E-state index contributed by atoms with van der Waals surface area (Å²) in [4.78, 5) is 12.9. The highest BCUT2D eigenvalue weighted by Gasteiger charge is 2.32. The summed E-state index contributed by atoms with van der Waals surface area (Å²) in [6, 6.07) is 16.7. The fourth-order valence-corrected chi connectivity index (χ4v) is 4.00. The van der Waals surface area contributed by atoms with Crippen molar-refractivity contribution in [3.63, 3.8) is 0 Å². The minimum atomic E-state index is 0.214. The molecule has 0 fully saturated rings. The van der Waals surface area contributed by atoms with Gasteiger partial charge in [-0.25, -0.2) is 4.68 Å². The molecule has 1 heterocycles. The molecule has 1 unspecified atom stereocenters. The average Bonchev–Trinajstić information content (AvgIpc) is 2.92. The van der Waals surface area contributed by atoms with Gasteiger partial charge in [-0.05, 0) is 61.9 Å². The van der Waals surface area contributed by atoms with Gasteiger partial charge in [0.05, 0.1) is 22.6 Å². The van der Waals surface area contributed by atoms with Gasteiger partial charge in [0, 0.05) is 6.42 Å². The zero-order chi connectivity index (χ0) is 17.6. The van der Waals surface area contributed by atoms with Gasteiger partial charge in [0.2, 0.25) is 0 Å². The largest absolute Gasteiger partial charge is 0.294 e. The summed E-state index contributed by atoms with van der Waals surface area (Å²) in [7, 11) is 0. The van der Waals surface area contributed by atoms with Crippen LogP contribution in [-0.4, -0.2) is 15.6 Å². The number of aryl methyl sites for hydroxylation is 3. The monoisotopic (exact) mass is 330 g/mol. The van der Waals surface area contributed by atoms with Crippen LogP contribution in [0.2, 0.25) is 0 Å². The van der Waals surface area contributed by atoms with E-state index in [9.17, 15) is 4.79 Å². The Hall–Kier alpha value is -2.68. The Kier molecular flexibility index (Phi) is 3.79. The molecule has 3 nitrogen and oxygen atoms in total. The summed E-state index contributed by atoms with van der Waals surface area (Å²) in [6.07, 6.45) is 1.42. The first kappa shape index (κ1) is 15.8. The molecule has 1 aromatic heterocycles. The van der Waals surface area contributed by atoms with Gasteiger partial charge < -0.3 is 0 Å². The van der Waals surface area contributed by atoms with Crippen LogP contribution in [0.15, 0.2) is 48.5 Å². The van der Waals surface area contributed by atoms with Crippen molar-refractivity contribution in [1.82, 2.24) is 9.78 Å². The lowest BCUT2D eigenvalue weighted by Gasteiger charge is -2.24. The normalized spacial score (nSPS) is 16.8. The first-order chi connectivity index (χ1) is 12.0. The first-order valence-electron chi connectivity index (χ1n) is 8.79. The highest BCUT2D eigenvalue weighted by atomic mass is 16.1. The number of hydrogen-bond acceptors (Lipinski definition) is 2. The summed E-state index contributed by atoms with van der Waals surface area (Å²) in [5.74, 6) is 0.437. The zero-order valence-electron chi connectivity index (χ0n) is 14.9. The maximum absolute atomic E-state index is 12.9. The number of nitrogens with zero attached hydrogens (tertiary/aromatic N) is 2. The molecule has 3 heteroatoms. The topological polar surface area (TPSA) is 34.9 Å². The van der Waals surface area contributed by atoms with Gasteiger partial charge in [0.15, 0.2) is 5.78 Å². The lowest BCUT2D eigenvalue weighted by Crippen LogP contribution is -2.21. The molecule has 25 heavy (non-hydrogen) atoms. The van der Waals surface area contributed by atoms with E-state index in [2.05, 4.69) is 56.3 Å². The van der Waals surface area contributed by atoms with E-state index in [0.717, 1.165) is 29.1 Å². The molecular formula is C22H22N2O. The van der Waals surface area contributed by atoms with Crippen molar-refractivity contribution < 1.29 is 4.79 Å². The molecule has 0 amide bonds. The number of rotatable bonds is 2. The van der Waals surface area contributed by atoms with Gasteiger partial charge in [0.1, 0.15) is 0 Å². The van der Waals surface area contributed by atoms with E-state index in [1.165, 1.54) is 16.7 Å². The smallest absolute Gasteiger partial charge is 0.167 e. The highest BCUT2D eigenvalue weighted by Crippen LogP contribution is 2.36. The van der Waals surface area contributed by atoms with E-state index in [4.69, 9.17) is 5.10 Å². The van der Waals surface area contributed by atoms with Crippen LogP contribution in [-0.2, 0) is 6.42 Å². The maximum atomic E-state index is 12.9. The van der Waals surface area contributed by atoms with Gasteiger partial charge in [-0.1, -0.05) is 36.4 Å². The molecule has 0 aliphatic heterocycles. The van der Waals surface area contributed by atoms with E-state index >= 15 is 0 Å². The number of benzene rings is 2. The van der Waals surface area contributed by atoms with Crippen molar-refractivity contribution >= 4 is 5.78 Å². The Balaban J connectivity index is 1.83. The number of ketones is 1. The van der Waals surface area contributed by atoms with Crippen LogP contribution in [0.25, 0.3) is 5.69 Å². The minimum Gasteiger partial charge on any atom is -0.294 e. The molecule has 0 saturated heterocycles. The lowest BCUT2D eigenvalue weighted by molar-refractivity contribution is 0.0963. The highest BCUT2D eigenvalue weighted by molar-refractivity contribution is 6.00. The van der Waals surface area contributed by atoms with Crippen molar-refractivity contribution in [3.8, 4) is 5.69 Å². The number of fused-ring (bicyclic) bond motifs is 1. The maximum Gasteiger partial charge on any atom is 0.167 e. The van der Waals surface area contributed by atoms with E-state index in [-0.39, 0.29) is 11.7 Å². The Bertz CT molecular complexity index is 968. The van der Waals surface area contributed by atoms with Gasteiger partial charge >= 0.3 is 0 Å². The van der Waals surface area contributed by atoms with Crippen LogP contribution in [0.4, 0.5) is 0 Å². The Morgan fingerprint density at radius 3 is 2.56 bits per heavy atom. The van der Waals surface area contributed by atoms with Gasteiger partial charge in [-0.15, -0.1) is 0 Å². The van der Waals surface area contributed by atoms with Crippen LogP contribution in [0.1, 0.15) is 50.8 Å². The fourth-order valence-electron chi connectivity index (χ4n) is 4.00. The molecular weight excluding hydrogens is 308 g/mol. The van der Waals surface area contributed by atoms with Crippen molar-refractivity contribution in [2.24, 2.45) is 0 Å². The zero-order valence-corrected chi connectivity index (χ0v) is 14.9. The van der Waals surface area contributed by atoms with E-state index in [1.807, 2.05) is 17.7 Å². The summed E-state index contributed by atoms with van der Waals surface area (Å²) < 4.78 is 1.97. The van der Waals surface area contributed by atoms with E-state index in [0.29, 0.717) is 6.42 Å². The molecule has 0 radical (unpaired) electrons. The van der Waals surface area contributed by atoms with Gasteiger partial charge in [0.25, 0.3) is 0 Å². The van der Waals surface area contributed by atoms with E-state index < -0.39 is 0 Å². The molecule has 3 aromatic rings. The molecule has 126 valence electrons. The Morgan fingerprint density at radius 1 is 1.00 bits per heavy atom. The van der Waals surface area contributed by atoms with Crippen LogP contribution in [0.3, 0.4) is 0 Å². The quantitative estimate of drug-likeness (QED) is 0.682. The molecule has 1 aliphatic rings. The van der Waals surface area contributed by atoms with Gasteiger partial charge in [-0.3, -0.25) is 4.79 Å². The average molecular weight is 330 g/mol. The van der Waals surface area contributed by atoms with Crippen LogP contribution in [0, 0.1) is 20.8 Å². The lowest BCUT2D eigenvalue weighted by atomic mass is 9.80. The number of Topliss-reactive ketones (excluding diaryl/α,β-unsaturated/α-hetero) is 1. The molecule has 0 N–H and O–H groups in total. The first-order valence-corrected chi connectivity index (χ1v) is 8.79. The summed E-state index contributed by atoms with van der Waals surface area (Å²) in [5, 5.41) is 4.70. The molecule has 1 atom stereocenters. The summed E-state index contributed by atoms with van der Waals surface area (Å²) in [5.41, 5.74) is 7.46. The van der Waals surface area contributed by atoms with Crippen molar-refractivity contribution in [1.29, 1.82) is 0 Å². The predicted molar refractivity (Wildman–Crippen MR) is 99.6 cm³/mol. The Labute approximate surface area is 148 Å². The van der Waals surface area contributed by atoms with Crippen LogP contribution < -0.4 is 0 Å². The Morgan fingerprint density at radius 2 is 1.80 bits per heavy atom. The predicted octanol–water partition coefficient (Wildman–Crippen LogP) is 4.71. The minimum absolute atomic E-state index is 0.214.